The smallest absolute Gasteiger partial charge is 0.358 e. The van der Waals surface area contributed by atoms with Crippen molar-refractivity contribution in [2.45, 2.75) is 57.9 Å². The largest absolute Gasteiger partial charge is 0.476 e. The first-order valence-corrected chi connectivity index (χ1v) is 6.40. The summed E-state index contributed by atoms with van der Waals surface area (Å²) < 4.78 is 1.81. The van der Waals surface area contributed by atoms with Crippen LogP contribution in [0.3, 0.4) is 0 Å². The minimum absolute atomic E-state index is 0.160. The molecule has 0 amide bonds. The van der Waals surface area contributed by atoms with Crippen LogP contribution < -0.4 is 0 Å². The van der Waals surface area contributed by atoms with Crippen molar-refractivity contribution in [3.8, 4) is 0 Å². The number of carbonyl (C=O) groups is 1. The van der Waals surface area contributed by atoms with Crippen LogP contribution in [0.15, 0.2) is 0 Å². The van der Waals surface area contributed by atoms with E-state index in [-0.39, 0.29) is 5.69 Å². The molecule has 5 nitrogen and oxygen atoms in total. The van der Waals surface area contributed by atoms with Gasteiger partial charge >= 0.3 is 5.97 Å². The van der Waals surface area contributed by atoms with Gasteiger partial charge < -0.3 is 5.11 Å². The number of nitrogens with zero attached hydrogens (tertiary/aromatic N) is 3. The van der Waals surface area contributed by atoms with E-state index in [2.05, 4.69) is 17.2 Å². The molecule has 0 aliphatic heterocycles. The highest BCUT2D eigenvalue weighted by atomic mass is 16.4. The zero-order valence-corrected chi connectivity index (χ0v) is 10.2. The first-order valence-electron chi connectivity index (χ1n) is 6.40. The van der Waals surface area contributed by atoms with Gasteiger partial charge in [-0.3, -0.25) is 0 Å². The number of carboxylic acids is 1. The van der Waals surface area contributed by atoms with E-state index in [0.717, 1.165) is 37.9 Å². The fourth-order valence-corrected chi connectivity index (χ4v) is 2.55. The van der Waals surface area contributed by atoms with Crippen LogP contribution in [0.4, 0.5) is 0 Å². The van der Waals surface area contributed by atoms with Gasteiger partial charge in [-0.1, -0.05) is 31.4 Å². The second-order valence-electron chi connectivity index (χ2n) is 4.69. The molecule has 1 heterocycles. The molecule has 0 spiro atoms. The third-order valence-corrected chi connectivity index (χ3v) is 3.44. The summed E-state index contributed by atoms with van der Waals surface area (Å²) in [6, 6.07) is 0. The first-order chi connectivity index (χ1) is 8.24. The van der Waals surface area contributed by atoms with Crippen LogP contribution in [0.2, 0.25) is 0 Å². The Morgan fingerprint density at radius 3 is 2.76 bits per heavy atom. The van der Waals surface area contributed by atoms with E-state index in [4.69, 9.17) is 5.11 Å². The predicted molar refractivity (Wildman–Crippen MR) is 63.1 cm³/mol. The van der Waals surface area contributed by atoms with Crippen molar-refractivity contribution >= 4 is 5.97 Å². The molecule has 5 heteroatoms. The molecule has 0 atom stereocenters. The molecule has 2 rings (SSSR count). The van der Waals surface area contributed by atoms with Gasteiger partial charge in [0.25, 0.3) is 0 Å². The van der Waals surface area contributed by atoms with Crippen LogP contribution in [0.1, 0.15) is 67.5 Å². The van der Waals surface area contributed by atoms with Crippen molar-refractivity contribution in [2.24, 2.45) is 0 Å². The average Bonchev–Trinajstić information content (AvgIpc) is 2.94. The van der Waals surface area contributed by atoms with Gasteiger partial charge in [-0.15, -0.1) is 5.10 Å². The topological polar surface area (TPSA) is 68.0 Å². The number of aryl methyl sites for hydroxylation is 1. The van der Waals surface area contributed by atoms with Crippen molar-refractivity contribution in [1.82, 2.24) is 15.0 Å². The Morgan fingerprint density at radius 2 is 2.18 bits per heavy atom. The second-order valence-corrected chi connectivity index (χ2v) is 4.69. The van der Waals surface area contributed by atoms with E-state index < -0.39 is 5.97 Å². The number of carboxylic acid groups (broad SMARTS) is 1. The molecule has 0 unspecified atom stereocenters. The van der Waals surface area contributed by atoms with Crippen LogP contribution in [-0.2, 0) is 6.54 Å². The normalized spacial score (nSPS) is 16.5. The molecule has 0 saturated heterocycles. The first kappa shape index (κ1) is 12.1. The summed E-state index contributed by atoms with van der Waals surface area (Å²) in [7, 11) is 0. The van der Waals surface area contributed by atoms with Gasteiger partial charge in [0, 0.05) is 12.5 Å². The van der Waals surface area contributed by atoms with Crippen molar-refractivity contribution in [1.29, 1.82) is 0 Å². The number of hydrogen-bond acceptors (Lipinski definition) is 3. The SMILES string of the molecule is CCCCn1nnc(C(=O)O)c1C1CCCC1. The summed E-state index contributed by atoms with van der Waals surface area (Å²) in [4.78, 5) is 11.1. The van der Waals surface area contributed by atoms with E-state index >= 15 is 0 Å². The highest BCUT2D eigenvalue weighted by Crippen LogP contribution is 2.35. The summed E-state index contributed by atoms with van der Waals surface area (Å²) in [6.07, 6.45) is 6.60. The lowest BCUT2D eigenvalue weighted by molar-refractivity contribution is 0.0688. The Kier molecular flexibility index (Phi) is 3.76. The van der Waals surface area contributed by atoms with E-state index in [1.165, 1.54) is 12.8 Å². The lowest BCUT2D eigenvalue weighted by Gasteiger charge is -2.12. The maximum absolute atomic E-state index is 11.1. The Labute approximate surface area is 101 Å². The minimum atomic E-state index is -0.949. The highest BCUT2D eigenvalue weighted by molar-refractivity contribution is 5.86. The van der Waals surface area contributed by atoms with Crippen molar-refractivity contribution in [3.05, 3.63) is 11.4 Å². The molecule has 1 aromatic heterocycles. The zero-order chi connectivity index (χ0) is 12.3. The van der Waals surface area contributed by atoms with Crippen molar-refractivity contribution in [2.75, 3.05) is 0 Å². The molecule has 0 aromatic carbocycles. The van der Waals surface area contributed by atoms with E-state index in [1.54, 1.807) is 0 Å². The summed E-state index contributed by atoms with van der Waals surface area (Å²) >= 11 is 0. The average molecular weight is 237 g/mol. The molecule has 1 saturated carbocycles. The molecular formula is C12H19N3O2. The fourth-order valence-electron chi connectivity index (χ4n) is 2.55. The number of hydrogen-bond donors (Lipinski definition) is 1. The van der Waals surface area contributed by atoms with E-state index in [9.17, 15) is 4.79 Å². The fraction of sp³-hybridized carbons (Fsp3) is 0.750. The van der Waals surface area contributed by atoms with Gasteiger partial charge in [-0.25, -0.2) is 9.48 Å². The molecule has 1 N–H and O–H groups in total. The molecule has 0 bridgehead atoms. The molecule has 1 aliphatic rings. The monoisotopic (exact) mass is 237 g/mol. The van der Waals surface area contributed by atoms with Gasteiger partial charge in [0.05, 0.1) is 5.69 Å². The van der Waals surface area contributed by atoms with Crippen LogP contribution in [-0.4, -0.2) is 26.1 Å². The second kappa shape index (κ2) is 5.29. The van der Waals surface area contributed by atoms with Crippen LogP contribution >= 0.6 is 0 Å². The molecule has 94 valence electrons. The van der Waals surface area contributed by atoms with Gasteiger partial charge in [0.15, 0.2) is 5.69 Å². The predicted octanol–water partition coefficient (Wildman–Crippen LogP) is 2.43. The minimum Gasteiger partial charge on any atom is -0.476 e. The molecule has 1 aromatic rings. The summed E-state index contributed by atoms with van der Waals surface area (Å²) in [5.74, 6) is -0.609. The maximum atomic E-state index is 11.1. The van der Waals surface area contributed by atoms with Crippen molar-refractivity contribution < 1.29 is 9.90 Å². The Morgan fingerprint density at radius 1 is 1.47 bits per heavy atom. The van der Waals surface area contributed by atoms with Crippen LogP contribution in [0, 0.1) is 0 Å². The number of aromatic nitrogens is 3. The van der Waals surface area contributed by atoms with Crippen LogP contribution in [0.5, 0.6) is 0 Å². The third-order valence-electron chi connectivity index (χ3n) is 3.44. The van der Waals surface area contributed by atoms with Gasteiger partial charge in [-0.2, -0.15) is 0 Å². The summed E-state index contributed by atoms with van der Waals surface area (Å²) in [5, 5.41) is 17.0. The summed E-state index contributed by atoms with van der Waals surface area (Å²) in [5.41, 5.74) is 1.01. The van der Waals surface area contributed by atoms with Gasteiger partial charge in [0.1, 0.15) is 0 Å². The van der Waals surface area contributed by atoms with E-state index in [0.29, 0.717) is 5.92 Å². The molecule has 1 aliphatic carbocycles. The molecule has 0 radical (unpaired) electrons. The number of unbranched alkanes of at least 4 members (excludes halogenated alkanes) is 1. The lowest BCUT2D eigenvalue weighted by Crippen LogP contribution is -2.11. The van der Waals surface area contributed by atoms with Crippen molar-refractivity contribution in [3.63, 3.8) is 0 Å². The Bertz CT molecular complexity index is 394. The highest BCUT2D eigenvalue weighted by Gasteiger charge is 2.28. The Balaban J connectivity index is 2.28. The molecular weight excluding hydrogens is 218 g/mol. The zero-order valence-electron chi connectivity index (χ0n) is 10.2. The standard InChI is InChI=1S/C12H19N3O2/c1-2-3-8-15-11(9-6-4-5-7-9)10(12(16)17)13-14-15/h9H,2-8H2,1H3,(H,16,17). The van der Waals surface area contributed by atoms with Gasteiger partial charge in [0.2, 0.25) is 0 Å². The lowest BCUT2D eigenvalue weighted by atomic mass is 10.0. The number of rotatable bonds is 5. The van der Waals surface area contributed by atoms with E-state index in [1.807, 2.05) is 4.68 Å². The number of aromatic carboxylic acids is 1. The van der Waals surface area contributed by atoms with Crippen LogP contribution in [0.25, 0.3) is 0 Å². The quantitative estimate of drug-likeness (QED) is 0.854. The van der Waals surface area contributed by atoms with Gasteiger partial charge in [-0.05, 0) is 19.3 Å². The summed E-state index contributed by atoms with van der Waals surface area (Å²) in [6.45, 7) is 2.90. The maximum Gasteiger partial charge on any atom is 0.358 e. The Hall–Kier alpha value is -1.39. The third kappa shape index (κ3) is 2.48. The molecule has 1 fully saturated rings. The molecule has 17 heavy (non-hydrogen) atoms.